The van der Waals surface area contributed by atoms with Crippen molar-refractivity contribution < 1.29 is 14.0 Å². The zero-order valence-corrected chi connectivity index (χ0v) is 10.5. The molecule has 0 fully saturated rings. The van der Waals surface area contributed by atoms with Crippen molar-refractivity contribution in [2.24, 2.45) is 5.92 Å². The molecule has 1 amide bonds. The largest absolute Gasteiger partial charge is 0.326 e. The highest BCUT2D eigenvalue weighted by Gasteiger charge is 2.26. The molecule has 0 saturated carbocycles. The fourth-order valence-corrected chi connectivity index (χ4v) is 2.09. The highest BCUT2D eigenvalue weighted by molar-refractivity contribution is 6.11. The summed E-state index contributed by atoms with van der Waals surface area (Å²) in [5.41, 5.74) is 1.64. The lowest BCUT2D eigenvalue weighted by atomic mass is 9.85. The van der Waals surface area contributed by atoms with Gasteiger partial charge in [0.25, 0.3) is 0 Å². The summed E-state index contributed by atoms with van der Waals surface area (Å²) < 4.78 is 13.7. The molecule has 2 rings (SSSR count). The number of Topliss-reactive ketones (excluding diaryl/α,β-unsaturated/α-hetero) is 1. The minimum atomic E-state index is -0.426. The maximum absolute atomic E-state index is 13.7. The van der Waals surface area contributed by atoms with Crippen LogP contribution in [0, 0.1) is 18.7 Å². The highest BCUT2D eigenvalue weighted by atomic mass is 19.1. The summed E-state index contributed by atoms with van der Waals surface area (Å²) in [5.74, 6) is -1.10. The maximum Gasteiger partial charge on any atom is 0.221 e. The van der Waals surface area contributed by atoms with Gasteiger partial charge in [0.1, 0.15) is 5.82 Å². The van der Waals surface area contributed by atoms with E-state index in [4.69, 9.17) is 0 Å². The summed E-state index contributed by atoms with van der Waals surface area (Å²) in [4.78, 5) is 23.3. The highest BCUT2D eigenvalue weighted by Crippen LogP contribution is 2.33. The smallest absolute Gasteiger partial charge is 0.221 e. The molecule has 0 saturated heterocycles. The fourth-order valence-electron chi connectivity index (χ4n) is 2.09. The van der Waals surface area contributed by atoms with Crippen LogP contribution in [0.5, 0.6) is 0 Å². The lowest BCUT2D eigenvalue weighted by Gasteiger charge is -2.20. The molecule has 0 aromatic heterocycles. The van der Waals surface area contributed by atoms with E-state index in [0.717, 1.165) is 0 Å². The second-order valence-corrected chi connectivity index (χ2v) is 4.51. The van der Waals surface area contributed by atoms with Crippen LogP contribution in [0.2, 0.25) is 0 Å². The number of allylic oxidation sites excluding steroid dienone is 1. The van der Waals surface area contributed by atoms with E-state index in [0.29, 0.717) is 16.7 Å². The predicted octanol–water partition coefficient (Wildman–Crippen LogP) is 2.94. The van der Waals surface area contributed by atoms with Crippen molar-refractivity contribution in [2.75, 3.05) is 5.32 Å². The van der Waals surface area contributed by atoms with Gasteiger partial charge >= 0.3 is 0 Å². The molecule has 1 N–H and O–H groups in total. The molecule has 18 heavy (non-hydrogen) atoms. The summed E-state index contributed by atoms with van der Waals surface area (Å²) in [7, 11) is 0. The molecular formula is C14H14FNO2. The van der Waals surface area contributed by atoms with Gasteiger partial charge < -0.3 is 5.32 Å². The number of hydrogen-bond acceptors (Lipinski definition) is 2. The third kappa shape index (κ3) is 1.94. The summed E-state index contributed by atoms with van der Waals surface area (Å²) in [6.07, 6.45) is 3.49. The van der Waals surface area contributed by atoms with Crippen LogP contribution in [0.1, 0.15) is 35.3 Å². The molecule has 3 nitrogen and oxygen atoms in total. The molecule has 94 valence electrons. The fraction of sp³-hybridized carbons (Fsp3) is 0.286. The van der Waals surface area contributed by atoms with Crippen molar-refractivity contribution in [3.8, 4) is 0 Å². The molecule has 1 aliphatic rings. The summed E-state index contributed by atoms with van der Waals surface area (Å²) in [6.45, 7) is 4.73. The molecule has 1 aromatic carbocycles. The Hall–Kier alpha value is -1.97. The summed E-state index contributed by atoms with van der Waals surface area (Å²) in [6, 6.07) is 1.21. The first-order chi connectivity index (χ1) is 8.41. The van der Waals surface area contributed by atoms with E-state index in [1.54, 1.807) is 26.0 Å². The van der Waals surface area contributed by atoms with Gasteiger partial charge in [-0.2, -0.15) is 0 Å². The number of benzene rings is 1. The van der Waals surface area contributed by atoms with Crippen molar-refractivity contribution >= 4 is 23.5 Å². The Morgan fingerprint density at radius 2 is 2.11 bits per heavy atom. The van der Waals surface area contributed by atoms with E-state index >= 15 is 0 Å². The van der Waals surface area contributed by atoms with Gasteiger partial charge in [-0.15, -0.1) is 0 Å². The standard InChI is InChI=1S/C14H14FNO2/c1-7-4-5-10-8(2)11(15)6-12(16-9(3)17)13(10)14(7)18/h4-7H,1-3H3,(H,16,17). The first-order valence-corrected chi connectivity index (χ1v) is 5.75. The zero-order chi connectivity index (χ0) is 13.4. The lowest BCUT2D eigenvalue weighted by molar-refractivity contribution is -0.114. The van der Waals surface area contributed by atoms with Gasteiger partial charge in [-0.25, -0.2) is 4.39 Å². The van der Waals surface area contributed by atoms with Crippen LogP contribution in [-0.4, -0.2) is 11.7 Å². The van der Waals surface area contributed by atoms with Gasteiger partial charge in [0, 0.05) is 18.4 Å². The van der Waals surface area contributed by atoms with Gasteiger partial charge in [-0.05, 0) is 24.1 Å². The molecule has 0 bridgehead atoms. The monoisotopic (exact) mass is 247 g/mol. The van der Waals surface area contributed by atoms with Crippen LogP contribution in [0.4, 0.5) is 10.1 Å². The molecule has 1 aromatic rings. The molecule has 1 aliphatic carbocycles. The Kier molecular flexibility index (Phi) is 3.03. The van der Waals surface area contributed by atoms with E-state index in [1.165, 1.54) is 13.0 Å². The number of nitrogens with one attached hydrogen (secondary N) is 1. The Balaban J connectivity index is 2.70. The molecule has 1 unspecified atom stereocenters. The van der Waals surface area contributed by atoms with Crippen molar-refractivity contribution in [3.63, 3.8) is 0 Å². The number of anilines is 1. The Morgan fingerprint density at radius 1 is 1.44 bits per heavy atom. The molecule has 4 heteroatoms. The maximum atomic E-state index is 13.7. The third-order valence-electron chi connectivity index (χ3n) is 3.09. The Labute approximate surface area is 105 Å². The Morgan fingerprint density at radius 3 is 2.72 bits per heavy atom. The quantitative estimate of drug-likeness (QED) is 0.829. The molecule has 0 radical (unpaired) electrons. The van der Waals surface area contributed by atoms with Gasteiger partial charge in [-0.1, -0.05) is 19.1 Å². The zero-order valence-electron chi connectivity index (χ0n) is 10.5. The number of ketones is 1. The molecule has 0 spiro atoms. The summed E-state index contributed by atoms with van der Waals surface area (Å²) in [5, 5.41) is 2.52. The van der Waals surface area contributed by atoms with Crippen molar-refractivity contribution in [3.05, 3.63) is 34.6 Å². The van der Waals surface area contributed by atoms with E-state index < -0.39 is 5.82 Å². The second-order valence-electron chi connectivity index (χ2n) is 4.51. The minimum absolute atomic E-state index is 0.0978. The third-order valence-corrected chi connectivity index (χ3v) is 3.09. The van der Waals surface area contributed by atoms with E-state index in [9.17, 15) is 14.0 Å². The summed E-state index contributed by atoms with van der Waals surface area (Å²) >= 11 is 0. The Bertz CT molecular complexity index is 576. The van der Waals surface area contributed by atoms with E-state index in [2.05, 4.69) is 5.32 Å². The number of carbonyl (C=O) groups excluding carboxylic acids is 2. The molecular weight excluding hydrogens is 233 g/mol. The van der Waals surface area contributed by atoms with Gasteiger partial charge in [0.15, 0.2) is 5.78 Å². The van der Waals surface area contributed by atoms with Crippen LogP contribution < -0.4 is 5.32 Å². The normalized spacial score (nSPS) is 17.6. The topological polar surface area (TPSA) is 46.2 Å². The van der Waals surface area contributed by atoms with E-state index in [1.807, 2.05) is 0 Å². The number of amides is 1. The van der Waals surface area contributed by atoms with Crippen LogP contribution in [-0.2, 0) is 4.79 Å². The molecule has 1 atom stereocenters. The first-order valence-electron chi connectivity index (χ1n) is 5.75. The number of halogens is 1. The number of fused-ring (bicyclic) bond motifs is 1. The van der Waals surface area contributed by atoms with Crippen LogP contribution in [0.3, 0.4) is 0 Å². The molecule has 0 heterocycles. The van der Waals surface area contributed by atoms with Gasteiger partial charge in [0.2, 0.25) is 5.91 Å². The van der Waals surface area contributed by atoms with Gasteiger partial charge in [0.05, 0.1) is 5.69 Å². The van der Waals surface area contributed by atoms with Crippen molar-refractivity contribution in [1.29, 1.82) is 0 Å². The average molecular weight is 247 g/mol. The lowest BCUT2D eigenvalue weighted by Crippen LogP contribution is -2.20. The minimum Gasteiger partial charge on any atom is -0.326 e. The number of rotatable bonds is 1. The number of carbonyl (C=O) groups is 2. The SMILES string of the molecule is CC(=O)Nc1cc(F)c(C)c2c1C(=O)C(C)C=C2. The van der Waals surface area contributed by atoms with Crippen LogP contribution in [0.15, 0.2) is 12.1 Å². The van der Waals surface area contributed by atoms with Crippen LogP contribution in [0.25, 0.3) is 6.08 Å². The van der Waals surface area contributed by atoms with Crippen molar-refractivity contribution in [1.82, 2.24) is 0 Å². The first kappa shape index (κ1) is 12.5. The average Bonchev–Trinajstić information content (AvgIpc) is 2.28. The van der Waals surface area contributed by atoms with E-state index in [-0.39, 0.29) is 23.3 Å². The predicted molar refractivity (Wildman–Crippen MR) is 68.0 cm³/mol. The molecule has 0 aliphatic heterocycles. The second kappa shape index (κ2) is 4.37. The number of hydrogen-bond donors (Lipinski definition) is 1. The van der Waals surface area contributed by atoms with Gasteiger partial charge in [-0.3, -0.25) is 9.59 Å². The van der Waals surface area contributed by atoms with Crippen LogP contribution >= 0.6 is 0 Å². The van der Waals surface area contributed by atoms with Crippen molar-refractivity contribution in [2.45, 2.75) is 20.8 Å².